The number of nitrogens with zero attached hydrogens (tertiary/aromatic N) is 2. The summed E-state index contributed by atoms with van der Waals surface area (Å²) in [7, 11) is 0. The molecule has 1 aliphatic heterocycles. The van der Waals surface area contributed by atoms with E-state index in [1.807, 2.05) is 0 Å². The van der Waals surface area contributed by atoms with Crippen molar-refractivity contribution in [2.75, 3.05) is 31.1 Å². The lowest BCUT2D eigenvalue weighted by molar-refractivity contribution is 0.193. The highest BCUT2D eigenvalue weighted by molar-refractivity contribution is 5.74. The lowest BCUT2D eigenvalue weighted by Gasteiger charge is -2.36. The minimum atomic E-state index is -0.618. The van der Waals surface area contributed by atoms with E-state index >= 15 is 0 Å². The number of piperazine rings is 1. The number of halogens is 3. The molecule has 0 aromatic heterocycles. The van der Waals surface area contributed by atoms with Crippen LogP contribution >= 0.6 is 0 Å². The predicted octanol–water partition coefficient (Wildman–Crippen LogP) is 3.14. The van der Waals surface area contributed by atoms with E-state index < -0.39 is 11.6 Å². The Kier molecular flexibility index (Phi) is 5.11. The minimum Gasteiger partial charge on any atom is -0.366 e. The van der Waals surface area contributed by atoms with Crippen molar-refractivity contribution in [2.24, 2.45) is 0 Å². The third-order valence-corrected chi connectivity index (χ3v) is 4.21. The standard InChI is InChI=1S/C18H18F3N3O/c19-14-5-6-17(16(21)11-14)23-7-9-24(10-8-23)18(25)22-12-13-3-1-2-4-15(13)20/h1-6,11H,7-10,12H2,(H,22,25). The highest BCUT2D eigenvalue weighted by Gasteiger charge is 2.23. The Hall–Kier alpha value is -2.70. The van der Waals surface area contributed by atoms with Crippen LogP contribution in [0.3, 0.4) is 0 Å². The molecule has 1 aliphatic rings. The van der Waals surface area contributed by atoms with Crippen molar-refractivity contribution in [3.05, 3.63) is 65.5 Å². The number of urea groups is 1. The smallest absolute Gasteiger partial charge is 0.317 e. The Morgan fingerprint density at radius 3 is 2.36 bits per heavy atom. The summed E-state index contributed by atoms with van der Waals surface area (Å²) in [5.74, 6) is -1.59. The summed E-state index contributed by atoms with van der Waals surface area (Å²) < 4.78 is 40.4. The van der Waals surface area contributed by atoms with Crippen LogP contribution in [0.4, 0.5) is 23.7 Å². The van der Waals surface area contributed by atoms with Crippen LogP contribution in [0.15, 0.2) is 42.5 Å². The summed E-state index contributed by atoms with van der Waals surface area (Å²) in [6, 6.07) is 9.44. The molecule has 2 amide bonds. The maximum absolute atomic E-state index is 13.8. The first kappa shape index (κ1) is 17.1. The summed E-state index contributed by atoms with van der Waals surface area (Å²) in [5.41, 5.74) is 0.746. The zero-order valence-corrected chi connectivity index (χ0v) is 13.5. The van der Waals surface area contributed by atoms with E-state index in [1.54, 1.807) is 28.0 Å². The van der Waals surface area contributed by atoms with Gasteiger partial charge in [0.15, 0.2) is 0 Å². The Bertz CT molecular complexity index is 761. The Balaban J connectivity index is 1.53. The lowest BCUT2D eigenvalue weighted by atomic mass is 10.2. The van der Waals surface area contributed by atoms with Crippen LogP contribution in [0.1, 0.15) is 5.56 Å². The normalized spacial score (nSPS) is 14.5. The molecule has 1 saturated heterocycles. The Morgan fingerprint density at radius 1 is 0.960 bits per heavy atom. The highest BCUT2D eigenvalue weighted by Crippen LogP contribution is 2.21. The van der Waals surface area contributed by atoms with Gasteiger partial charge in [0.05, 0.1) is 5.69 Å². The number of carbonyl (C=O) groups excluding carboxylic acids is 1. The number of benzene rings is 2. The first-order valence-corrected chi connectivity index (χ1v) is 8.01. The molecule has 7 heteroatoms. The molecule has 0 aliphatic carbocycles. The van der Waals surface area contributed by atoms with Gasteiger partial charge in [-0.1, -0.05) is 18.2 Å². The molecule has 25 heavy (non-hydrogen) atoms. The average molecular weight is 349 g/mol. The van der Waals surface area contributed by atoms with Gasteiger partial charge in [0.2, 0.25) is 0 Å². The Labute approximate surface area is 143 Å². The number of nitrogens with one attached hydrogen (secondary N) is 1. The van der Waals surface area contributed by atoms with Crippen LogP contribution in [-0.4, -0.2) is 37.1 Å². The number of hydrogen-bond donors (Lipinski definition) is 1. The van der Waals surface area contributed by atoms with Gasteiger partial charge >= 0.3 is 6.03 Å². The SMILES string of the molecule is O=C(NCc1ccccc1F)N1CCN(c2ccc(F)cc2F)CC1. The first-order chi connectivity index (χ1) is 12.0. The number of rotatable bonds is 3. The fourth-order valence-corrected chi connectivity index (χ4v) is 2.81. The van der Waals surface area contributed by atoms with Gasteiger partial charge in [0.1, 0.15) is 17.5 Å². The molecule has 0 unspecified atom stereocenters. The van der Waals surface area contributed by atoms with Gasteiger partial charge in [-0.05, 0) is 18.2 Å². The Morgan fingerprint density at radius 2 is 1.68 bits per heavy atom. The maximum Gasteiger partial charge on any atom is 0.317 e. The van der Waals surface area contributed by atoms with Crippen molar-refractivity contribution < 1.29 is 18.0 Å². The molecule has 1 fully saturated rings. The number of hydrogen-bond acceptors (Lipinski definition) is 2. The summed E-state index contributed by atoms with van der Waals surface area (Å²) in [4.78, 5) is 15.6. The fourth-order valence-electron chi connectivity index (χ4n) is 2.81. The molecule has 3 rings (SSSR count). The quantitative estimate of drug-likeness (QED) is 0.924. The number of carbonyl (C=O) groups is 1. The van der Waals surface area contributed by atoms with Crippen molar-refractivity contribution in [3.63, 3.8) is 0 Å². The molecule has 1 N–H and O–H groups in total. The van der Waals surface area contributed by atoms with Gasteiger partial charge < -0.3 is 15.1 Å². The van der Waals surface area contributed by atoms with E-state index in [4.69, 9.17) is 0 Å². The number of anilines is 1. The second-order valence-electron chi connectivity index (χ2n) is 5.82. The zero-order valence-electron chi connectivity index (χ0n) is 13.5. The zero-order chi connectivity index (χ0) is 17.8. The van der Waals surface area contributed by atoms with Crippen LogP contribution in [0.5, 0.6) is 0 Å². The molecule has 2 aromatic carbocycles. The monoisotopic (exact) mass is 349 g/mol. The van der Waals surface area contributed by atoms with Crippen LogP contribution in [0.2, 0.25) is 0 Å². The predicted molar refractivity (Wildman–Crippen MR) is 88.8 cm³/mol. The summed E-state index contributed by atoms with van der Waals surface area (Å²) >= 11 is 0. The molecule has 2 aromatic rings. The van der Waals surface area contributed by atoms with Crippen LogP contribution in [0, 0.1) is 17.5 Å². The molecule has 0 radical (unpaired) electrons. The van der Waals surface area contributed by atoms with Crippen molar-refractivity contribution >= 4 is 11.7 Å². The molecule has 0 bridgehead atoms. The van der Waals surface area contributed by atoms with Crippen molar-refractivity contribution in [3.8, 4) is 0 Å². The van der Waals surface area contributed by atoms with Crippen molar-refractivity contribution in [1.29, 1.82) is 0 Å². The van der Waals surface area contributed by atoms with E-state index in [0.29, 0.717) is 37.4 Å². The summed E-state index contributed by atoms with van der Waals surface area (Å²) in [6.45, 7) is 1.80. The third kappa shape index (κ3) is 4.04. The maximum atomic E-state index is 13.8. The van der Waals surface area contributed by atoms with Crippen molar-refractivity contribution in [2.45, 2.75) is 6.54 Å². The number of amides is 2. The van der Waals surface area contributed by atoms with Gasteiger partial charge in [-0.25, -0.2) is 18.0 Å². The largest absolute Gasteiger partial charge is 0.366 e. The van der Waals surface area contributed by atoms with Gasteiger partial charge in [-0.3, -0.25) is 0 Å². The molecular formula is C18H18F3N3O. The van der Waals surface area contributed by atoms with Gasteiger partial charge in [-0.2, -0.15) is 0 Å². The summed E-state index contributed by atoms with van der Waals surface area (Å²) in [6.07, 6.45) is 0. The minimum absolute atomic E-state index is 0.109. The van der Waals surface area contributed by atoms with Gasteiger partial charge in [-0.15, -0.1) is 0 Å². The van der Waals surface area contributed by atoms with E-state index in [-0.39, 0.29) is 18.4 Å². The lowest BCUT2D eigenvalue weighted by Crippen LogP contribution is -2.52. The molecule has 1 heterocycles. The molecule has 0 saturated carbocycles. The molecular weight excluding hydrogens is 331 g/mol. The molecule has 0 spiro atoms. The molecule has 0 atom stereocenters. The van der Waals surface area contributed by atoms with Crippen LogP contribution < -0.4 is 10.2 Å². The fraction of sp³-hybridized carbons (Fsp3) is 0.278. The van der Waals surface area contributed by atoms with E-state index in [2.05, 4.69) is 5.32 Å². The topological polar surface area (TPSA) is 35.6 Å². The average Bonchev–Trinajstić information content (AvgIpc) is 2.61. The van der Waals surface area contributed by atoms with E-state index in [9.17, 15) is 18.0 Å². The third-order valence-electron chi connectivity index (χ3n) is 4.21. The van der Waals surface area contributed by atoms with Gasteiger partial charge in [0.25, 0.3) is 0 Å². The van der Waals surface area contributed by atoms with Crippen LogP contribution in [0.25, 0.3) is 0 Å². The van der Waals surface area contributed by atoms with Gasteiger partial charge in [0, 0.05) is 44.4 Å². The first-order valence-electron chi connectivity index (χ1n) is 8.01. The highest BCUT2D eigenvalue weighted by atomic mass is 19.1. The summed E-state index contributed by atoms with van der Waals surface area (Å²) in [5, 5.41) is 2.69. The van der Waals surface area contributed by atoms with E-state index in [0.717, 1.165) is 6.07 Å². The van der Waals surface area contributed by atoms with E-state index in [1.165, 1.54) is 18.2 Å². The molecule has 132 valence electrons. The second kappa shape index (κ2) is 7.46. The van der Waals surface area contributed by atoms with Crippen molar-refractivity contribution in [1.82, 2.24) is 10.2 Å². The van der Waals surface area contributed by atoms with Crippen LogP contribution in [-0.2, 0) is 6.54 Å². The molecule has 4 nitrogen and oxygen atoms in total. The second-order valence-corrected chi connectivity index (χ2v) is 5.82.